The summed E-state index contributed by atoms with van der Waals surface area (Å²) in [4.78, 5) is 13.7. The molecular weight excluding hydrogens is 388 g/mol. The molecule has 30 heavy (non-hydrogen) atoms. The van der Waals surface area contributed by atoms with Crippen LogP contribution in [0.5, 0.6) is 0 Å². The molecule has 2 aliphatic rings. The van der Waals surface area contributed by atoms with Gasteiger partial charge >= 0.3 is 5.97 Å². The minimum absolute atomic E-state index is 0.0513. The van der Waals surface area contributed by atoms with Gasteiger partial charge in [-0.2, -0.15) is 0 Å². The second-order valence-corrected chi connectivity index (χ2v) is 10.1. The van der Waals surface area contributed by atoms with Crippen LogP contribution in [0.2, 0.25) is 0 Å². The highest BCUT2D eigenvalue weighted by Crippen LogP contribution is 2.56. The minimum atomic E-state index is -0.254. The summed E-state index contributed by atoms with van der Waals surface area (Å²) in [5.74, 6) is 3.52. The molecule has 156 valence electrons. The molecular formula is C27H30O2S. The fraction of sp³-hybridized carbons (Fsp3) is 0.444. The first-order valence-electron chi connectivity index (χ1n) is 11.3. The predicted molar refractivity (Wildman–Crippen MR) is 126 cm³/mol. The van der Waals surface area contributed by atoms with Crippen LogP contribution in [0.1, 0.15) is 51.7 Å². The normalized spacial score (nSPS) is 28.9. The molecule has 5 rings (SSSR count). The molecule has 0 radical (unpaired) electrons. The predicted octanol–water partition coefficient (Wildman–Crippen LogP) is 7.20. The molecule has 0 aliphatic heterocycles. The first-order chi connectivity index (χ1) is 14.4. The third-order valence-electron chi connectivity index (χ3n) is 8.10. The molecule has 0 amide bonds. The van der Waals surface area contributed by atoms with Gasteiger partial charge in [0.05, 0.1) is 0 Å². The van der Waals surface area contributed by atoms with Crippen molar-refractivity contribution in [2.75, 3.05) is 0 Å². The highest BCUT2D eigenvalue weighted by molar-refractivity contribution is 7.80. The van der Waals surface area contributed by atoms with Gasteiger partial charge in [-0.3, -0.25) is 4.79 Å². The van der Waals surface area contributed by atoms with Crippen molar-refractivity contribution in [1.82, 2.24) is 0 Å². The molecule has 0 saturated heterocycles. The molecule has 3 aromatic carbocycles. The Hall–Kier alpha value is -2.00. The number of carbonyl (C=O) groups excluding carboxylic acids is 1. The average molecular weight is 419 g/mol. The van der Waals surface area contributed by atoms with Crippen LogP contribution in [-0.2, 0) is 9.53 Å². The van der Waals surface area contributed by atoms with Crippen molar-refractivity contribution in [2.24, 2.45) is 29.6 Å². The Bertz CT molecular complexity index is 1120. The summed E-state index contributed by atoms with van der Waals surface area (Å²) in [6.45, 7) is 6.72. The lowest BCUT2D eigenvalue weighted by atomic mass is 9.74. The van der Waals surface area contributed by atoms with Gasteiger partial charge in [-0.05, 0) is 88.6 Å². The van der Waals surface area contributed by atoms with Crippen molar-refractivity contribution in [3.63, 3.8) is 0 Å². The summed E-state index contributed by atoms with van der Waals surface area (Å²) in [7, 11) is 0. The number of rotatable bonds is 4. The number of hydrogen-bond acceptors (Lipinski definition) is 3. The van der Waals surface area contributed by atoms with E-state index in [1.165, 1.54) is 29.0 Å². The molecule has 0 heterocycles. The largest absolute Gasteiger partial charge is 0.458 e. The zero-order valence-electron chi connectivity index (χ0n) is 18.0. The summed E-state index contributed by atoms with van der Waals surface area (Å²) >= 11 is 4.72. The fourth-order valence-electron chi connectivity index (χ4n) is 6.21. The van der Waals surface area contributed by atoms with Crippen LogP contribution < -0.4 is 0 Å². The van der Waals surface area contributed by atoms with Gasteiger partial charge in [0.15, 0.2) is 0 Å². The Morgan fingerprint density at radius 3 is 2.60 bits per heavy atom. The zero-order chi connectivity index (χ0) is 21.0. The Morgan fingerprint density at radius 2 is 1.83 bits per heavy atom. The maximum absolute atomic E-state index is 12.7. The molecule has 0 N–H and O–H groups in total. The van der Waals surface area contributed by atoms with Gasteiger partial charge in [0.2, 0.25) is 0 Å². The van der Waals surface area contributed by atoms with Crippen molar-refractivity contribution < 1.29 is 9.53 Å². The van der Waals surface area contributed by atoms with Crippen LogP contribution in [0.4, 0.5) is 0 Å². The van der Waals surface area contributed by atoms with Crippen molar-refractivity contribution >= 4 is 40.1 Å². The standard InChI is InChI=1S/C27H30O2S/c1-15-16(2)24-12-20(15)10-21(24)14-27(28)29-17(3)18-8-9-23-22-7-5-4-6-19(22)13-26(30)25(23)11-18/h4-9,11,13,15-17,20-21,24,30H,10,12,14H2,1-3H3. The Balaban J connectivity index is 1.32. The number of hydrogen-bond donors (Lipinski definition) is 1. The second-order valence-electron chi connectivity index (χ2n) is 9.63. The molecule has 3 aromatic rings. The van der Waals surface area contributed by atoms with Crippen LogP contribution in [0.25, 0.3) is 21.5 Å². The van der Waals surface area contributed by atoms with E-state index in [2.05, 4.69) is 62.4 Å². The van der Waals surface area contributed by atoms with Crippen LogP contribution in [0.15, 0.2) is 53.4 Å². The first-order valence-corrected chi connectivity index (χ1v) is 11.7. The molecule has 2 bridgehead atoms. The molecule has 2 aliphatic carbocycles. The van der Waals surface area contributed by atoms with Crippen molar-refractivity contribution in [3.8, 4) is 0 Å². The number of fused-ring (bicyclic) bond motifs is 5. The van der Waals surface area contributed by atoms with Crippen molar-refractivity contribution in [3.05, 3.63) is 54.1 Å². The topological polar surface area (TPSA) is 26.3 Å². The summed E-state index contributed by atoms with van der Waals surface area (Å²) in [5.41, 5.74) is 1.02. The Kier molecular flexibility index (Phi) is 5.05. The SMILES string of the molecule is CC(OC(=O)CC1CC2CC1C(C)C2C)c1ccc2c(c1)c(S)cc1ccccc12. The molecule has 2 fully saturated rings. The van der Waals surface area contributed by atoms with Crippen molar-refractivity contribution in [2.45, 2.75) is 51.0 Å². The van der Waals surface area contributed by atoms with Crippen molar-refractivity contribution in [1.29, 1.82) is 0 Å². The van der Waals surface area contributed by atoms with E-state index in [-0.39, 0.29) is 12.1 Å². The second kappa shape index (κ2) is 7.60. The van der Waals surface area contributed by atoms with E-state index in [1.54, 1.807) is 0 Å². The van der Waals surface area contributed by atoms with E-state index in [0.29, 0.717) is 18.3 Å². The molecule has 6 atom stereocenters. The van der Waals surface area contributed by atoms with Gasteiger partial charge in [-0.15, -0.1) is 12.6 Å². The summed E-state index contributed by atoms with van der Waals surface area (Å²) in [6, 6.07) is 16.8. The number of ether oxygens (including phenoxy) is 1. The van der Waals surface area contributed by atoms with E-state index < -0.39 is 0 Å². The summed E-state index contributed by atoms with van der Waals surface area (Å²) in [5, 5.41) is 4.71. The number of carbonyl (C=O) groups is 1. The quantitative estimate of drug-likeness (QED) is 0.275. The fourth-order valence-corrected chi connectivity index (χ4v) is 6.54. The highest BCUT2D eigenvalue weighted by Gasteiger charge is 2.49. The van der Waals surface area contributed by atoms with E-state index >= 15 is 0 Å². The van der Waals surface area contributed by atoms with E-state index in [9.17, 15) is 4.79 Å². The molecule has 0 spiro atoms. The van der Waals surface area contributed by atoms with Gasteiger partial charge in [-0.25, -0.2) is 0 Å². The van der Waals surface area contributed by atoms with E-state index in [1.807, 2.05) is 6.92 Å². The third-order valence-corrected chi connectivity index (χ3v) is 8.47. The molecule has 6 unspecified atom stereocenters. The van der Waals surface area contributed by atoms with Gasteiger partial charge in [0, 0.05) is 11.3 Å². The molecule has 2 saturated carbocycles. The Morgan fingerprint density at radius 1 is 1.03 bits per heavy atom. The number of benzene rings is 3. The lowest BCUT2D eigenvalue weighted by Gasteiger charge is -2.31. The van der Waals surface area contributed by atoms with Crippen LogP contribution in [-0.4, -0.2) is 5.97 Å². The first kappa shape index (κ1) is 19.9. The third kappa shape index (κ3) is 3.32. The number of thiol groups is 1. The average Bonchev–Trinajstić information content (AvgIpc) is 3.26. The van der Waals surface area contributed by atoms with Crippen LogP contribution in [0, 0.1) is 29.6 Å². The molecule has 3 heteroatoms. The van der Waals surface area contributed by atoms with Gasteiger partial charge in [0.25, 0.3) is 0 Å². The van der Waals surface area contributed by atoms with E-state index in [4.69, 9.17) is 17.4 Å². The monoisotopic (exact) mass is 418 g/mol. The smallest absolute Gasteiger partial charge is 0.306 e. The van der Waals surface area contributed by atoms with Crippen LogP contribution >= 0.6 is 12.6 Å². The molecule has 2 nitrogen and oxygen atoms in total. The lowest BCUT2D eigenvalue weighted by molar-refractivity contribution is -0.150. The highest BCUT2D eigenvalue weighted by atomic mass is 32.1. The minimum Gasteiger partial charge on any atom is -0.458 e. The zero-order valence-corrected chi connectivity index (χ0v) is 18.9. The number of esters is 1. The summed E-state index contributed by atoms with van der Waals surface area (Å²) < 4.78 is 5.88. The lowest BCUT2D eigenvalue weighted by Crippen LogP contribution is -2.26. The van der Waals surface area contributed by atoms with Gasteiger partial charge < -0.3 is 4.74 Å². The van der Waals surface area contributed by atoms with Crippen LogP contribution in [0.3, 0.4) is 0 Å². The molecule has 0 aromatic heterocycles. The van der Waals surface area contributed by atoms with E-state index in [0.717, 1.165) is 33.6 Å². The van der Waals surface area contributed by atoms with Gasteiger partial charge in [0.1, 0.15) is 6.10 Å². The maximum atomic E-state index is 12.7. The maximum Gasteiger partial charge on any atom is 0.306 e. The Labute approximate surface area is 184 Å². The summed E-state index contributed by atoms with van der Waals surface area (Å²) in [6.07, 6.45) is 2.82. The van der Waals surface area contributed by atoms with Gasteiger partial charge in [-0.1, -0.05) is 50.2 Å².